The van der Waals surface area contributed by atoms with Crippen LogP contribution in [0.1, 0.15) is 19.3 Å². The van der Waals surface area contributed by atoms with Gasteiger partial charge in [-0.25, -0.2) is 0 Å². The van der Waals surface area contributed by atoms with Gasteiger partial charge in [-0.1, -0.05) is 0 Å². The van der Waals surface area contributed by atoms with E-state index >= 15 is 0 Å². The van der Waals surface area contributed by atoms with Gasteiger partial charge in [-0.15, -0.1) is 0 Å². The standard InChI is InChI=1S/C17H34N2O2.2HI/c1-18(2,3)6-5-7-19(4)10-13-12-8-15(20)17(14(13)11-19)16(21)9-12;;/h12-17,20-21H,5-11H2,1-4H3;2*1H/q+2;;/p-2. The van der Waals surface area contributed by atoms with Crippen molar-refractivity contribution in [3.8, 4) is 0 Å². The first kappa shape index (κ1) is 22.3. The van der Waals surface area contributed by atoms with Gasteiger partial charge in [-0.3, -0.25) is 0 Å². The molecule has 4 nitrogen and oxygen atoms in total. The molecule has 5 atom stereocenters. The topological polar surface area (TPSA) is 40.5 Å². The van der Waals surface area contributed by atoms with Gasteiger partial charge in [-0.05, 0) is 18.8 Å². The molecule has 23 heavy (non-hydrogen) atoms. The van der Waals surface area contributed by atoms with E-state index in [1.54, 1.807) is 0 Å². The summed E-state index contributed by atoms with van der Waals surface area (Å²) < 4.78 is 2.19. The Hall–Kier alpha value is 1.30. The number of aliphatic hydroxyl groups excluding tert-OH is 2. The first-order valence-electron chi connectivity index (χ1n) is 8.69. The number of aliphatic hydroxyl groups is 2. The van der Waals surface area contributed by atoms with E-state index in [0.29, 0.717) is 11.8 Å². The number of fused-ring (bicyclic) bond motifs is 2. The Kier molecular flexibility index (Phi) is 7.67. The largest absolute Gasteiger partial charge is 1.00 e. The monoisotopic (exact) mass is 552 g/mol. The van der Waals surface area contributed by atoms with Crippen molar-refractivity contribution >= 4 is 0 Å². The summed E-state index contributed by atoms with van der Waals surface area (Å²) in [4.78, 5) is 0. The molecular weight excluding hydrogens is 518 g/mol. The Morgan fingerprint density at radius 1 is 0.957 bits per heavy atom. The number of hydrogen-bond acceptors (Lipinski definition) is 2. The van der Waals surface area contributed by atoms with Crippen LogP contribution in [0.5, 0.6) is 0 Å². The van der Waals surface area contributed by atoms with Crippen LogP contribution in [0.3, 0.4) is 0 Å². The molecule has 4 fully saturated rings. The predicted octanol–water partition coefficient (Wildman–Crippen LogP) is -5.46. The highest BCUT2D eigenvalue weighted by molar-refractivity contribution is 5.03. The summed E-state index contributed by atoms with van der Waals surface area (Å²) in [5, 5.41) is 20.6. The second-order valence-electron chi connectivity index (χ2n) is 9.35. The van der Waals surface area contributed by atoms with E-state index in [1.165, 1.54) is 26.1 Å². The molecule has 1 aliphatic heterocycles. The summed E-state index contributed by atoms with van der Waals surface area (Å²) in [5.74, 6) is 2.01. The minimum atomic E-state index is -0.252. The lowest BCUT2D eigenvalue weighted by Gasteiger charge is -2.49. The Morgan fingerprint density at radius 2 is 1.48 bits per heavy atom. The third-order valence-electron chi connectivity index (χ3n) is 6.46. The average Bonchev–Trinajstić information content (AvgIpc) is 2.65. The molecule has 2 N–H and O–H groups in total. The summed E-state index contributed by atoms with van der Waals surface area (Å²) in [6.07, 6.45) is 2.62. The fourth-order valence-corrected chi connectivity index (χ4v) is 5.59. The Morgan fingerprint density at radius 3 is 2.00 bits per heavy atom. The quantitative estimate of drug-likeness (QED) is 0.270. The van der Waals surface area contributed by atoms with Crippen LogP contribution in [0.4, 0.5) is 0 Å². The summed E-state index contributed by atoms with van der Waals surface area (Å²) >= 11 is 0. The van der Waals surface area contributed by atoms with Crippen molar-refractivity contribution in [2.45, 2.75) is 31.5 Å². The molecule has 0 spiro atoms. The summed E-state index contributed by atoms with van der Waals surface area (Å²) in [6.45, 7) is 4.90. The van der Waals surface area contributed by atoms with Crippen LogP contribution in [0, 0.1) is 23.7 Å². The summed E-state index contributed by atoms with van der Waals surface area (Å²) in [6, 6.07) is 0. The van der Waals surface area contributed by atoms with Gasteiger partial charge < -0.3 is 67.1 Å². The van der Waals surface area contributed by atoms with Gasteiger partial charge in [0.1, 0.15) is 0 Å². The molecule has 2 bridgehead atoms. The van der Waals surface area contributed by atoms with E-state index in [1.807, 2.05) is 0 Å². The number of quaternary nitrogens is 2. The number of likely N-dealkylation sites (tertiary alicyclic amines) is 1. The Bertz CT molecular complexity index is 393. The fraction of sp³-hybridized carbons (Fsp3) is 1.00. The van der Waals surface area contributed by atoms with Crippen LogP contribution in [0.25, 0.3) is 0 Å². The van der Waals surface area contributed by atoms with E-state index in [9.17, 15) is 10.2 Å². The molecule has 0 aromatic heterocycles. The van der Waals surface area contributed by atoms with Crippen LogP contribution in [-0.2, 0) is 0 Å². The van der Waals surface area contributed by atoms with Gasteiger partial charge in [0.15, 0.2) is 0 Å². The first-order chi connectivity index (χ1) is 9.69. The zero-order valence-corrected chi connectivity index (χ0v) is 19.3. The summed E-state index contributed by atoms with van der Waals surface area (Å²) in [5.41, 5.74) is 0. The molecule has 4 rings (SSSR count). The molecule has 5 unspecified atom stereocenters. The number of hydrogen-bond donors (Lipinski definition) is 2. The maximum atomic E-state index is 10.3. The average molecular weight is 552 g/mol. The number of rotatable bonds is 4. The lowest BCUT2D eigenvalue weighted by molar-refractivity contribution is -0.909. The van der Waals surface area contributed by atoms with Crippen LogP contribution in [0.2, 0.25) is 0 Å². The van der Waals surface area contributed by atoms with Gasteiger partial charge in [0.25, 0.3) is 0 Å². The normalized spacial score (nSPS) is 45.1. The van der Waals surface area contributed by atoms with Crippen molar-refractivity contribution in [1.82, 2.24) is 0 Å². The van der Waals surface area contributed by atoms with Crippen molar-refractivity contribution in [1.29, 1.82) is 0 Å². The molecule has 1 saturated heterocycles. The molecule has 0 amide bonds. The van der Waals surface area contributed by atoms with Gasteiger partial charge in [0.05, 0.1) is 66.6 Å². The molecule has 3 saturated carbocycles. The van der Waals surface area contributed by atoms with Gasteiger partial charge in [0.2, 0.25) is 0 Å². The van der Waals surface area contributed by atoms with Crippen LogP contribution >= 0.6 is 0 Å². The molecule has 0 aromatic rings. The van der Waals surface area contributed by atoms with Crippen molar-refractivity contribution < 1.29 is 67.1 Å². The minimum Gasteiger partial charge on any atom is -1.00 e. The third-order valence-corrected chi connectivity index (χ3v) is 6.46. The van der Waals surface area contributed by atoms with E-state index in [0.717, 1.165) is 34.3 Å². The van der Waals surface area contributed by atoms with Crippen molar-refractivity contribution in [2.24, 2.45) is 23.7 Å². The van der Waals surface area contributed by atoms with E-state index in [4.69, 9.17) is 0 Å². The van der Waals surface area contributed by atoms with Gasteiger partial charge in [-0.2, -0.15) is 0 Å². The van der Waals surface area contributed by atoms with E-state index < -0.39 is 0 Å². The first-order valence-corrected chi connectivity index (χ1v) is 8.69. The predicted molar refractivity (Wildman–Crippen MR) is 83.5 cm³/mol. The Labute approximate surface area is 175 Å². The highest BCUT2D eigenvalue weighted by Crippen LogP contribution is 2.53. The van der Waals surface area contributed by atoms with Crippen molar-refractivity contribution in [3.05, 3.63) is 0 Å². The van der Waals surface area contributed by atoms with Crippen LogP contribution < -0.4 is 48.0 Å². The number of halogens is 2. The van der Waals surface area contributed by atoms with Crippen LogP contribution in [-0.4, -0.2) is 85.8 Å². The highest BCUT2D eigenvalue weighted by Gasteiger charge is 2.59. The van der Waals surface area contributed by atoms with Crippen molar-refractivity contribution in [2.75, 3.05) is 54.4 Å². The molecule has 0 aromatic carbocycles. The molecular formula is C17H34I2N2O2. The molecule has 4 aliphatic rings. The Balaban J connectivity index is 0.00000132. The second kappa shape index (κ2) is 7.90. The zero-order valence-electron chi connectivity index (χ0n) is 15.0. The molecule has 6 heteroatoms. The lowest BCUT2D eigenvalue weighted by atomic mass is 9.57. The van der Waals surface area contributed by atoms with E-state index in [2.05, 4.69) is 28.2 Å². The second-order valence-corrected chi connectivity index (χ2v) is 9.35. The van der Waals surface area contributed by atoms with Crippen LogP contribution in [0.15, 0.2) is 0 Å². The molecule has 0 radical (unpaired) electrons. The number of nitrogens with zero attached hydrogens (tertiary/aromatic N) is 2. The lowest BCUT2D eigenvalue weighted by Crippen LogP contribution is -3.00. The maximum Gasteiger partial charge on any atom is 0.0839 e. The fourth-order valence-electron chi connectivity index (χ4n) is 5.59. The SMILES string of the molecule is C[N+](C)(C)CCC[N+]1(C)CC2C3CC(O)C(C(O)C3)C2C1.[I-].[I-]. The molecule has 138 valence electrons. The summed E-state index contributed by atoms with van der Waals surface area (Å²) in [7, 11) is 9.18. The van der Waals surface area contributed by atoms with Gasteiger partial charge in [0, 0.05) is 24.2 Å². The van der Waals surface area contributed by atoms with Crippen molar-refractivity contribution in [3.63, 3.8) is 0 Å². The highest BCUT2D eigenvalue weighted by atomic mass is 127. The third kappa shape index (κ3) is 4.72. The van der Waals surface area contributed by atoms with Gasteiger partial charge >= 0.3 is 0 Å². The zero-order chi connectivity index (χ0) is 15.4. The molecule has 1 heterocycles. The minimum absolute atomic E-state index is 0. The maximum absolute atomic E-state index is 10.3. The molecule has 3 aliphatic carbocycles. The van der Waals surface area contributed by atoms with E-state index in [-0.39, 0.29) is 66.1 Å². The smallest absolute Gasteiger partial charge is 0.0839 e.